The molecule has 1 rings (SSSR count). The minimum atomic E-state index is -2.53. The predicted molar refractivity (Wildman–Crippen MR) is 65.6 cm³/mol. The van der Waals surface area contributed by atoms with Crippen molar-refractivity contribution in [3.63, 3.8) is 0 Å². The van der Waals surface area contributed by atoms with Crippen molar-refractivity contribution >= 4 is 37.6 Å². The van der Waals surface area contributed by atoms with Gasteiger partial charge in [0.05, 0.1) is 6.61 Å². The summed E-state index contributed by atoms with van der Waals surface area (Å²) < 4.78 is 14.3. The van der Waals surface area contributed by atoms with Gasteiger partial charge in [-0.15, -0.1) is 0 Å². The summed E-state index contributed by atoms with van der Waals surface area (Å²) in [6.45, 7) is 2.33. The second kappa shape index (κ2) is 5.39. The number of hydrogen-bond donors (Lipinski definition) is 0. The first kappa shape index (κ1) is 11.6. The van der Waals surface area contributed by atoms with Gasteiger partial charge in [0.2, 0.25) is 0 Å². The van der Waals surface area contributed by atoms with E-state index in [0.29, 0.717) is 6.61 Å². The molecule has 72 valence electrons. The molecule has 0 aromatic heterocycles. The van der Waals surface area contributed by atoms with Crippen LogP contribution >= 0.6 is 37.6 Å². The van der Waals surface area contributed by atoms with Gasteiger partial charge in [-0.2, -0.15) is 0 Å². The van der Waals surface area contributed by atoms with E-state index in [0.717, 1.165) is 4.90 Å². The zero-order chi connectivity index (χ0) is 9.73. The van der Waals surface area contributed by atoms with Gasteiger partial charge in [0, 0.05) is 26.9 Å². The molecule has 5 heteroatoms. The molecule has 0 bridgehead atoms. The summed E-state index contributed by atoms with van der Waals surface area (Å²) in [4.78, 5) is 0.980. The first-order valence-electron chi connectivity index (χ1n) is 3.83. The second-order valence-electron chi connectivity index (χ2n) is 2.25. The van der Waals surface area contributed by atoms with Gasteiger partial charge in [-0.3, -0.25) is 4.57 Å². The molecule has 1 atom stereocenters. The summed E-state index contributed by atoms with van der Waals surface area (Å²) in [6.07, 6.45) is 0. The highest BCUT2D eigenvalue weighted by Crippen LogP contribution is 2.69. The third kappa shape index (κ3) is 4.49. The van der Waals surface area contributed by atoms with Crippen LogP contribution in [0.15, 0.2) is 35.2 Å². The molecule has 1 aromatic carbocycles. The van der Waals surface area contributed by atoms with E-state index < -0.39 is 4.21 Å². The Kier molecular flexibility index (Phi) is 4.80. The van der Waals surface area contributed by atoms with E-state index in [2.05, 4.69) is 0 Å². The first-order valence-corrected chi connectivity index (χ1v) is 9.66. The maximum absolute atomic E-state index is 11.7. The molecule has 0 N–H and O–H groups in total. The quantitative estimate of drug-likeness (QED) is 0.607. The Bertz CT molecular complexity index is 304. The van der Waals surface area contributed by atoms with E-state index in [-0.39, 0.29) is 0 Å². The summed E-state index contributed by atoms with van der Waals surface area (Å²) in [5, 5.41) is 0. The lowest BCUT2D eigenvalue weighted by Gasteiger charge is -2.08. The fourth-order valence-corrected chi connectivity index (χ4v) is 6.16. The molecule has 0 amide bonds. The molecular formula is C8H10IO2PS. The minimum Gasteiger partial charge on any atom is -0.314 e. The summed E-state index contributed by atoms with van der Waals surface area (Å²) in [6, 6.07) is 9.63. The largest absolute Gasteiger partial charge is 0.319 e. The minimum absolute atomic E-state index is 0.486. The fraction of sp³-hybridized carbons (Fsp3) is 0.250. The van der Waals surface area contributed by atoms with Gasteiger partial charge >= 0.3 is 4.21 Å². The molecule has 1 unspecified atom stereocenters. The topological polar surface area (TPSA) is 26.3 Å². The molecule has 0 aliphatic carbocycles. The maximum Gasteiger partial charge on any atom is 0.319 e. The average Bonchev–Trinajstić information content (AvgIpc) is 2.04. The van der Waals surface area contributed by atoms with Crippen molar-refractivity contribution in [1.29, 1.82) is 0 Å². The van der Waals surface area contributed by atoms with Crippen molar-refractivity contribution in [2.24, 2.45) is 0 Å². The Hall–Kier alpha value is 0.490. The Labute approximate surface area is 95.1 Å². The second-order valence-corrected chi connectivity index (χ2v) is 11.8. The summed E-state index contributed by atoms with van der Waals surface area (Å²) in [5.41, 5.74) is 0. The molecule has 13 heavy (non-hydrogen) atoms. The van der Waals surface area contributed by atoms with E-state index >= 15 is 0 Å². The molecule has 1 aromatic rings. The van der Waals surface area contributed by atoms with Crippen molar-refractivity contribution in [3.8, 4) is 0 Å². The van der Waals surface area contributed by atoms with E-state index in [9.17, 15) is 4.57 Å². The Morgan fingerprint density at radius 3 is 2.62 bits per heavy atom. The van der Waals surface area contributed by atoms with Crippen LogP contribution in [0.1, 0.15) is 6.92 Å². The van der Waals surface area contributed by atoms with Crippen LogP contribution in [0.5, 0.6) is 0 Å². The van der Waals surface area contributed by atoms with E-state index in [1.54, 1.807) is 0 Å². The molecule has 0 heterocycles. The van der Waals surface area contributed by atoms with Crippen LogP contribution < -0.4 is 0 Å². The normalized spacial score (nSPS) is 15.2. The number of rotatable bonds is 4. The van der Waals surface area contributed by atoms with Gasteiger partial charge in [0.15, 0.2) is 0 Å². The number of halogens is 1. The van der Waals surface area contributed by atoms with Gasteiger partial charge in [-0.1, -0.05) is 18.2 Å². The van der Waals surface area contributed by atoms with E-state index in [1.165, 1.54) is 11.4 Å². The maximum atomic E-state index is 11.7. The molecule has 0 spiro atoms. The lowest BCUT2D eigenvalue weighted by atomic mass is 10.4. The molecule has 0 saturated heterocycles. The van der Waals surface area contributed by atoms with Gasteiger partial charge < -0.3 is 4.52 Å². The Morgan fingerprint density at radius 2 is 2.08 bits per heavy atom. The Morgan fingerprint density at radius 1 is 1.46 bits per heavy atom. The average molecular weight is 328 g/mol. The molecule has 0 aliphatic heterocycles. The van der Waals surface area contributed by atoms with Gasteiger partial charge in [-0.25, -0.2) is 0 Å². The third-order valence-electron chi connectivity index (χ3n) is 1.24. The van der Waals surface area contributed by atoms with Crippen LogP contribution in [0.2, 0.25) is 0 Å². The van der Waals surface area contributed by atoms with Crippen molar-refractivity contribution in [1.82, 2.24) is 0 Å². The lowest BCUT2D eigenvalue weighted by Crippen LogP contribution is -1.78. The highest BCUT2D eigenvalue weighted by Gasteiger charge is 2.19. The monoisotopic (exact) mass is 328 g/mol. The Balaban J connectivity index is 2.64. The molecule has 0 fully saturated rings. The van der Waals surface area contributed by atoms with Crippen molar-refractivity contribution < 1.29 is 9.09 Å². The SMILES string of the molecule is CCOP(=O)(I)Sc1ccccc1. The molecular weight excluding hydrogens is 318 g/mol. The first-order chi connectivity index (χ1) is 6.14. The molecule has 0 aliphatic rings. The molecule has 0 saturated carbocycles. The number of hydrogen-bond acceptors (Lipinski definition) is 3. The molecule has 0 radical (unpaired) electrons. The van der Waals surface area contributed by atoms with Gasteiger partial charge in [0.1, 0.15) is 0 Å². The highest BCUT2D eigenvalue weighted by molar-refractivity contribution is 14.2. The van der Waals surface area contributed by atoms with Crippen LogP contribution in [0.25, 0.3) is 0 Å². The van der Waals surface area contributed by atoms with Crippen molar-refractivity contribution in [2.75, 3.05) is 6.61 Å². The van der Waals surface area contributed by atoms with Crippen LogP contribution in [-0.4, -0.2) is 6.61 Å². The summed E-state index contributed by atoms with van der Waals surface area (Å²) in [7, 11) is 0. The zero-order valence-electron chi connectivity index (χ0n) is 7.14. The van der Waals surface area contributed by atoms with Gasteiger partial charge in [0.25, 0.3) is 0 Å². The van der Waals surface area contributed by atoms with Crippen LogP contribution in [0, 0.1) is 0 Å². The predicted octanol–water partition coefficient (Wildman–Crippen LogP) is 4.36. The van der Waals surface area contributed by atoms with Crippen molar-refractivity contribution in [3.05, 3.63) is 30.3 Å². The van der Waals surface area contributed by atoms with Gasteiger partial charge in [-0.05, 0) is 30.4 Å². The standard InChI is InChI=1S/C8H10IO2PS/c1-2-11-12(9,10)13-8-6-4-3-5-7-8/h3-7H,2H2,1H3. The van der Waals surface area contributed by atoms with Crippen LogP contribution in [-0.2, 0) is 9.09 Å². The highest BCUT2D eigenvalue weighted by atomic mass is 127. The fourth-order valence-electron chi connectivity index (χ4n) is 0.788. The third-order valence-corrected chi connectivity index (χ3v) is 6.72. The van der Waals surface area contributed by atoms with Crippen LogP contribution in [0.3, 0.4) is 0 Å². The van der Waals surface area contributed by atoms with E-state index in [4.69, 9.17) is 4.52 Å². The summed E-state index contributed by atoms with van der Waals surface area (Å²) in [5.74, 6) is 0. The van der Waals surface area contributed by atoms with Crippen molar-refractivity contribution in [2.45, 2.75) is 11.8 Å². The molecule has 2 nitrogen and oxygen atoms in total. The smallest absolute Gasteiger partial charge is 0.314 e. The van der Waals surface area contributed by atoms with Crippen LogP contribution in [0.4, 0.5) is 0 Å². The lowest BCUT2D eigenvalue weighted by molar-refractivity contribution is 0.359. The zero-order valence-corrected chi connectivity index (χ0v) is 11.0. The number of benzene rings is 1. The summed E-state index contributed by atoms with van der Waals surface area (Å²) >= 11 is 3.17. The van der Waals surface area contributed by atoms with E-state index in [1.807, 2.05) is 59.3 Å².